The highest BCUT2D eigenvalue weighted by atomic mass is 16.4. The molecule has 1 amide bonds. The minimum atomic E-state index is -0.815. The molecule has 1 saturated heterocycles. The molecule has 0 radical (unpaired) electrons. The van der Waals surface area contributed by atoms with E-state index in [0.29, 0.717) is 6.54 Å². The van der Waals surface area contributed by atoms with Crippen LogP contribution in [0.4, 0.5) is 0 Å². The molecule has 0 aliphatic carbocycles. The topological polar surface area (TPSA) is 78.4 Å². The van der Waals surface area contributed by atoms with Crippen LogP contribution in [0.2, 0.25) is 0 Å². The van der Waals surface area contributed by atoms with Gasteiger partial charge in [-0.05, 0) is 18.4 Å². The van der Waals surface area contributed by atoms with E-state index in [9.17, 15) is 9.59 Å². The summed E-state index contributed by atoms with van der Waals surface area (Å²) in [6, 6.07) is 0. The molecule has 0 aromatic carbocycles. The average Bonchev–Trinajstić information content (AvgIpc) is 2.20. The van der Waals surface area contributed by atoms with Crippen LogP contribution >= 0.6 is 0 Å². The molecule has 1 rings (SSSR count). The van der Waals surface area contributed by atoms with Gasteiger partial charge in [0, 0.05) is 31.6 Å². The van der Waals surface area contributed by atoms with Crippen LogP contribution in [0.5, 0.6) is 0 Å². The Morgan fingerprint density at radius 1 is 1.47 bits per heavy atom. The number of carbonyl (C=O) groups excluding carboxylic acids is 1. The van der Waals surface area contributed by atoms with E-state index >= 15 is 0 Å². The molecule has 3 N–H and O–H groups in total. The molecule has 0 aromatic rings. The lowest BCUT2D eigenvalue weighted by Crippen LogP contribution is -2.38. The van der Waals surface area contributed by atoms with Crippen molar-refractivity contribution in [2.24, 2.45) is 5.92 Å². The van der Waals surface area contributed by atoms with Crippen LogP contribution < -0.4 is 10.6 Å². The number of carbonyl (C=O) groups is 2. The molecule has 17 heavy (non-hydrogen) atoms. The first kappa shape index (κ1) is 13.7. The zero-order chi connectivity index (χ0) is 12.8. The molecule has 0 saturated carbocycles. The summed E-state index contributed by atoms with van der Waals surface area (Å²) in [4.78, 5) is 22.3. The van der Waals surface area contributed by atoms with Gasteiger partial charge >= 0.3 is 5.97 Å². The summed E-state index contributed by atoms with van der Waals surface area (Å²) in [5, 5.41) is 14.6. The molecule has 5 heteroatoms. The van der Waals surface area contributed by atoms with E-state index in [-0.39, 0.29) is 18.2 Å². The van der Waals surface area contributed by atoms with Gasteiger partial charge in [-0.3, -0.25) is 9.59 Å². The summed E-state index contributed by atoms with van der Waals surface area (Å²) in [6.45, 7) is 5.74. The van der Waals surface area contributed by atoms with E-state index in [1.54, 1.807) is 0 Å². The van der Waals surface area contributed by atoms with Crippen LogP contribution in [0.25, 0.3) is 0 Å². The molecule has 0 aromatic heterocycles. The Balaban J connectivity index is 2.38. The summed E-state index contributed by atoms with van der Waals surface area (Å²) >= 11 is 0. The molecule has 1 atom stereocenters. The zero-order valence-electron chi connectivity index (χ0n) is 10.4. The first-order valence-electron chi connectivity index (χ1n) is 5.94. The van der Waals surface area contributed by atoms with Gasteiger partial charge in [0.1, 0.15) is 0 Å². The Morgan fingerprint density at radius 3 is 2.53 bits per heavy atom. The van der Waals surface area contributed by atoms with Gasteiger partial charge < -0.3 is 15.7 Å². The van der Waals surface area contributed by atoms with Crippen molar-refractivity contribution < 1.29 is 14.7 Å². The van der Waals surface area contributed by atoms with Crippen LogP contribution in [0, 0.1) is 5.92 Å². The predicted octanol–water partition coefficient (Wildman–Crippen LogP) is 0.523. The van der Waals surface area contributed by atoms with Crippen molar-refractivity contribution >= 4 is 11.9 Å². The zero-order valence-corrected chi connectivity index (χ0v) is 10.4. The summed E-state index contributed by atoms with van der Waals surface area (Å²) < 4.78 is 0. The summed E-state index contributed by atoms with van der Waals surface area (Å²) in [6.07, 6.45) is 0.859. The Bertz CT molecular complexity index is 331. The first-order chi connectivity index (χ1) is 8.04. The fourth-order valence-corrected chi connectivity index (χ4v) is 1.65. The van der Waals surface area contributed by atoms with Crippen LogP contribution in [0.3, 0.4) is 0 Å². The van der Waals surface area contributed by atoms with Crippen molar-refractivity contribution in [1.29, 1.82) is 0 Å². The highest BCUT2D eigenvalue weighted by Gasteiger charge is 2.17. The number of amides is 1. The van der Waals surface area contributed by atoms with Gasteiger partial charge in [-0.15, -0.1) is 0 Å². The molecule has 1 aliphatic heterocycles. The molecular weight excluding hydrogens is 220 g/mol. The molecule has 0 spiro atoms. The molecule has 0 bridgehead atoms. The lowest BCUT2D eigenvalue weighted by molar-refractivity contribution is -0.138. The molecule has 1 heterocycles. The quantitative estimate of drug-likeness (QED) is 0.592. The van der Waals surface area contributed by atoms with Crippen LogP contribution in [-0.2, 0) is 9.59 Å². The summed E-state index contributed by atoms with van der Waals surface area (Å²) in [7, 11) is 0. The maximum atomic E-state index is 11.7. The number of hydrogen-bond donors (Lipinski definition) is 3. The highest BCUT2D eigenvalue weighted by molar-refractivity contribution is 5.94. The third-order valence-electron chi connectivity index (χ3n) is 3.14. The van der Waals surface area contributed by atoms with Gasteiger partial charge in [0.2, 0.25) is 5.91 Å². The van der Waals surface area contributed by atoms with Crippen molar-refractivity contribution in [3.8, 4) is 0 Å². The van der Waals surface area contributed by atoms with E-state index in [2.05, 4.69) is 10.6 Å². The molecule has 5 nitrogen and oxygen atoms in total. The SMILES string of the molecule is CCC(CNC(=O)C(C)=C1CNC1)CC(=O)O. The van der Waals surface area contributed by atoms with Crippen molar-refractivity contribution in [3.05, 3.63) is 11.1 Å². The number of aliphatic carboxylic acids is 1. The van der Waals surface area contributed by atoms with Crippen molar-refractivity contribution in [1.82, 2.24) is 10.6 Å². The van der Waals surface area contributed by atoms with Crippen molar-refractivity contribution in [2.45, 2.75) is 26.7 Å². The van der Waals surface area contributed by atoms with Crippen LogP contribution in [0.1, 0.15) is 26.7 Å². The van der Waals surface area contributed by atoms with Gasteiger partial charge in [0.05, 0.1) is 0 Å². The van der Waals surface area contributed by atoms with Crippen molar-refractivity contribution in [3.63, 3.8) is 0 Å². The maximum Gasteiger partial charge on any atom is 0.303 e. The van der Waals surface area contributed by atoms with Gasteiger partial charge in [-0.1, -0.05) is 13.3 Å². The Morgan fingerprint density at radius 2 is 2.12 bits per heavy atom. The highest BCUT2D eigenvalue weighted by Crippen LogP contribution is 2.10. The second kappa shape index (κ2) is 6.39. The number of rotatable bonds is 6. The summed E-state index contributed by atoms with van der Waals surface area (Å²) in [5.74, 6) is -0.886. The largest absolute Gasteiger partial charge is 0.481 e. The van der Waals surface area contributed by atoms with Gasteiger partial charge in [-0.25, -0.2) is 0 Å². The van der Waals surface area contributed by atoms with Gasteiger partial charge in [-0.2, -0.15) is 0 Å². The normalized spacial score (nSPS) is 16.0. The van der Waals surface area contributed by atoms with E-state index in [0.717, 1.165) is 30.7 Å². The number of carboxylic acid groups (broad SMARTS) is 1. The molecule has 1 fully saturated rings. The van der Waals surface area contributed by atoms with E-state index in [4.69, 9.17) is 5.11 Å². The minimum Gasteiger partial charge on any atom is -0.481 e. The standard InChI is InChI=1S/C12H20N2O3/c1-3-9(4-11(15)16)5-14-12(17)8(2)10-6-13-7-10/h9,13H,3-7H2,1-2H3,(H,14,17)(H,15,16). The molecular formula is C12H20N2O3. The molecule has 1 aliphatic rings. The average molecular weight is 240 g/mol. The first-order valence-corrected chi connectivity index (χ1v) is 5.94. The third kappa shape index (κ3) is 4.19. The fraction of sp³-hybridized carbons (Fsp3) is 0.667. The lowest BCUT2D eigenvalue weighted by Gasteiger charge is -2.22. The number of nitrogens with one attached hydrogen (secondary N) is 2. The van der Waals surface area contributed by atoms with Crippen LogP contribution in [0.15, 0.2) is 11.1 Å². The Labute approximate surface area is 101 Å². The second-order valence-corrected chi connectivity index (χ2v) is 4.41. The number of hydrogen-bond acceptors (Lipinski definition) is 3. The second-order valence-electron chi connectivity index (χ2n) is 4.41. The van der Waals surface area contributed by atoms with E-state index in [1.807, 2.05) is 13.8 Å². The van der Waals surface area contributed by atoms with Crippen LogP contribution in [-0.4, -0.2) is 36.6 Å². The predicted molar refractivity (Wildman–Crippen MR) is 64.6 cm³/mol. The lowest BCUT2D eigenvalue weighted by atomic mass is 10.0. The molecule has 96 valence electrons. The number of carboxylic acids is 1. The smallest absolute Gasteiger partial charge is 0.303 e. The minimum absolute atomic E-state index is 0.00812. The van der Waals surface area contributed by atoms with E-state index in [1.165, 1.54) is 0 Å². The third-order valence-corrected chi connectivity index (χ3v) is 3.14. The van der Waals surface area contributed by atoms with Gasteiger partial charge in [0.15, 0.2) is 0 Å². The van der Waals surface area contributed by atoms with E-state index < -0.39 is 5.97 Å². The summed E-state index contributed by atoms with van der Waals surface area (Å²) in [5.41, 5.74) is 1.89. The van der Waals surface area contributed by atoms with Gasteiger partial charge in [0.25, 0.3) is 0 Å². The monoisotopic (exact) mass is 240 g/mol. The van der Waals surface area contributed by atoms with Crippen molar-refractivity contribution in [2.75, 3.05) is 19.6 Å². The maximum absolute atomic E-state index is 11.7. The fourth-order valence-electron chi connectivity index (χ4n) is 1.65. The Hall–Kier alpha value is -1.36. The molecule has 1 unspecified atom stereocenters. The Kier molecular flexibility index (Phi) is 5.15.